The van der Waals surface area contributed by atoms with Crippen LogP contribution in [0.3, 0.4) is 0 Å². The number of hydrogen-bond donors (Lipinski definition) is 3. The molecule has 1 unspecified atom stereocenters. The Morgan fingerprint density at radius 2 is 1.97 bits per heavy atom. The van der Waals surface area contributed by atoms with Gasteiger partial charge >= 0.3 is 0 Å². The molecular formula is C22H26N4O4. The molecule has 0 saturated heterocycles. The van der Waals surface area contributed by atoms with E-state index in [0.717, 1.165) is 18.4 Å². The highest BCUT2D eigenvalue weighted by molar-refractivity contribution is 5.94. The predicted octanol–water partition coefficient (Wildman–Crippen LogP) is 1.75. The zero-order valence-electron chi connectivity index (χ0n) is 17.2. The maximum atomic E-state index is 12.3. The Balaban J connectivity index is 1.38. The molecule has 1 aromatic carbocycles. The fourth-order valence-electron chi connectivity index (χ4n) is 3.38. The van der Waals surface area contributed by atoms with Gasteiger partial charge in [0.15, 0.2) is 5.69 Å². The smallest absolute Gasteiger partial charge is 0.273 e. The summed E-state index contributed by atoms with van der Waals surface area (Å²) in [6.45, 7) is 3.67. The van der Waals surface area contributed by atoms with Gasteiger partial charge in [-0.1, -0.05) is 35.5 Å². The van der Waals surface area contributed by atoms with Crippen molar-refractivity contribution in [3.05, 3.63) is 59.0 Å². The van der Waals surface area contributed by atoms with Crippen LogP contribution < -0.4 is 16.0 Å². The Morgan fingerprint density at radius 1 is 1.17 bits per heavy atom. The number of fused-ring (bicyclic) bond motifs is 1. The number of carbonyl (C=O) groups excluding carboxylic acids is 3. The SMILES string of the molecule is Cc1cc(C(=O)NCC(=O)NC(C)CC(=O)NCC2=CCCc3ccccc32)no1. The second-order valence-electron chi connectivity index (χ2n) is 7.38. The molecule has 3 N–H and O–H groups in total. The molecule has 3 rings (SSSR count). The average Bonchev–Trinajstić information content (AvgIpc) is 3.16. The Bertz CT molecular complexity index is 964. The number of aryl methyl sites for hydroxylation is 2. The van der Waals surface area contributed by atoms with Crippen molar-refractivity contribution in [3.63, 3.8) is 0 Å². The van der Waals surface area contributed by atoms with E-state index in [0.29, 0.717) is 12.3 Å². The highest BCUT2D eigenvalue weighted by atomic mass is 16.5. The molecule has 0 radical (unpaired) electrons. The number of rotatable bonds is 8. The second kappa shape index (κ2) is 9.87. The fraction of sp³-hybridized carbons (Fsp3) is 0.364. The van der Waals surface area contributed by atoms with Crippen molar-refractivity contribution in [3.8, 4) is 0 Å². The number of nitrogens with zero attached hydrogens (tertiary/aromatic N) is 1. The van der Waals surface area contributed by atoms with Gasteiger partial charge in [-0.2, -0.15) is 0 Å². The van der Waals surface area contributed by atoms with Crippen molar-refractivity contribution < 1.29 is 18.9 Å². The molecule has 8 nitrogen and oxygen atoms in total. The third-order valence-electron chi connectivity index (χ3n) is 4.81. The van der Waals surface area contributed by atoms with Crippen molar-refractivity contribution in [1.82, 2.24) is 21.1 Å². The van der Waals surface area contributed by atoms with Crippen LogP contribution in [0.4, 0.5) is 0 Å². The lowest BCUT2D eigenvalue weighted by Gasteiger charge is -2.19. The molecule has 158 valence electrons. The van der Waals surface area contributed by atoms with Gasteiger partial charge in [0.05, 0.1) is 6.54 Å². The quantitative estimate of drug-likeness (QED) is 0.614. The zero-order valence-corrected chi connectivity index (χ0v) is 17.2. The van der Waals surface area contributed by atoms with Crippen LogP contribution in [0, 0.1) is 6.92 Å². The molecule has 30 heavy (non-hydrogen) atoms. The minimum Gasteiger partial charge on any atom is -0.361 e. The predicted molar refractivity (Wildman–Crippen MR) is 112 cm³/mol. The molecule has 1 aliphatic rings. The summed E-state index contributed by atoms with van der Waals surface area (Å²) in [4.78, 5) is 36.1. The number of carbonyl (C=O) groups is 3. The van der Waals surface area contributed by atoms with E-state index in [1.54, 1.807) is 13.8 Å². The third kappa shape index (κ3) is 5.79. The summed E-state index contributed by atoms with van der Waals surface area (Å²) >= 11 is 0. The summed E-state index contributed by atoms with van der Waals surface area (Å²) in [7, 11) is 0. The highest BCUT2D eigenvalue weighted by Gasteiger charge is 2.16. The molecule has 1 atom stereocenters. The number of nitrogens with one attached hydrogen (secondary N) is 3. The molecular weight excluding hydrogens is 384 g/mol. The molecule has 1 aromatic heterocycles. The second-order valence-corrected chi connectivity index (χ2v) is 7.38. The van der Waals surface area contributed by atoms with Gasteiger partial charge in [-0.05, 0) is 43.4 Å². The third-order valence-corrected chi connectivity index (χ3v) is 4.81. The van der Waals surface area contributed by atoms with Gasteiger partial charge in [-0.15, -0.1) is 0 Å². The molecule has 2 aromatic rings. The van der Waals surface area contributed by atoms with Gasteiger partial charge in [-0.3, -0.25) is 14.4 Å². The van der Waals surface area contributed by atoms with E-state index in [1.807, 2.05) is 12.1 Å². The van der Waals surface area contributed by atoms with E-state index < -0.39 is 5.91 Å². The first-order valence-corrected chi connectivity index (χ1v) is 9.97. The molecule has 1 heterocycles. The molecule has 0 aliphatic heterocycles. The zero-order chi connectivity index (χ0) is 21.5. The first-order chi connectivity index (χ1) is 14.4. The lowest BCUT2D eigenvalue weighted by Crippen LogP contribution is -2.43. The Hall–Kier alpha value is -3.42. The van der Waals surface area contributed by atoms with Crippen LogP contribution in [-0.2, 0) is 16.0 Å². The number of allylic oxidation sites excluding steroid dienone is 1. The summed E-state index contributed by atoms with van der Waals surface area (Å²) in [5.41, 5.74) is 3.72. The number of aromatic nitrogens is 1. The first kappa shape index (κ1) is 21.3. The maximum absolute atomic E-state index is 12.3. The van der Waals surface area contributed by atoms with E-state index in [1.165, 1.54) is 17.2 Å². The van der Waals surface area contributed by atoms with Crippen molar-refractivity contribution >= 4 is 23.3 Å². The maximum Gasteiger partial charge on any atom is 0.273 e. The van der Waals surface area contributed by atoms with Crippen LogP contribution >= 0.6 is 0 Å². The van der Waals surface area contributed by atoms with Crippen LogP contribution in [-0.4, -0.2) is 42.0 Å². The molecule has 1 aliphatic carbocycles. The summed E-state index contributed by atoms with van der Waals surface area (Å²) in [5.74, 6) is -0.508. The van der Waals surface area contributed by atoms with Crippen LogP contribution in [0.5, 0.6) is 0 Å². The van der Waals surface area contributed by atoms with Crippen molar-refractivity contribution in [2.24, 2.45) is 0 Å². The molecule has 0 bridgehead atoms. The normalized spacial score (nSPS) is 13.6. The van der Waals surface area contributed by atoms with Gasteiger partial charge in [-0.25, -0.2) is 0 Å². The Kier molecular flexibility index (Phi) is 7.00. The van der Waals surface area contributed by atoms with Crippen molar-refractivity contribution in [1.29, 1.82) is 0 Å². The van der Waals surface area contributed by atoms with Crippen LogP contribution in [0.2, 0.25) is 0 Å². The van der Waals surface area contributed by atoms with E-state index in [4.69, 9.17) is 4.52 Å². The molecule has 0 spiro atoms. The van der Waals surface area contributed by atoms with Crippen LogP contribution in [0.1, 0.15) is 47.1 Å². The van der Waals surface area contributed by atoms with Crippen molar-refractivity contribution in [2.45, 2.75) is 39.2 Å². The van der Waals surface area contributed by atoms with E-state index in [2.05, 4.69) is 39.3 Å². The summed E-state index contributed by atoms with van der Waals surface area (Å²) < 4.78 is 4.83. The first-order valence-electron chi connectivity index (χ1n) is 9.97. The lowest BCUT2D eigenvalue weighted by molar-refractivity contribution is -0.122. The standard InChI is InChI=1S/C22H26N4O4/c1-14(25-21(28)13-24-22(29)19-11-15(2)30-26-19)10-20(27)23-12-17-8-5-7-16-6-3-4-9-18(16)17/h3-4,6,8-9,11,14H,5,7,10,12-13H2,1-2H3,(H,23,27)(H,24,29)(H,25,28). The van der Waals surface area contributed by atoms with E-state index >= 15 is 0 Å². The Morgan fingerprint density at radius 3 is 2.73 bits per heavy atom. The van der Waals surface area contributed by atoms with Gasteiger partial charge in [0.25, 0.3) is 5.91 Å². The van der Waals surface area contributed by atoms with E-state index in [9.17, 15) is 14.4 Å². The lowest BCUT2D eigenvalue weighted by atomic mass is 9.91. The summed E-state index contributed by atoms with van der Waals surface area (Å²) in [6.07, 6.45) is 4.29. The number of hydrogen-bond acceptors (Lipinski definition) is 5. The Labute approximate surface area is 175 Å². The fourth-order valence-corrected chi connectivity index (χ4v) is 3.38. The molecule has 3 amide bonds. The van der Waals surface area contributed by atoms with E-state index in [-0.39, 0.29) is 36.5 Å². The monoisotopic (exact) mass is 410 g/mol. The van der Waals surface area contributed by atoms with Crippen molar-refractivity contribution in [2.75, 3.05) is 13.1 Å². The van der Waals surface area contributed by atoms with Crippen LogP contribution in [0.15, 0.2) is 40.9 Å². The largest absolute Gasteiger partial charge is 0.361 e. The van der Waals surface area contributed by atoms with Gasteiger partial charge in [0, 0.05) is 25.1 Å². The van der Waals surface area contributed by atoms with Crippen LogP contribution in [0.25, 0.3) is 5.57 Å². The van der Waals surface area contributed by atoms with Gasteiger partial charge in [0.2, 0.25) is 11.8 Å². The summed E-state index contributed by atoms with van der Waals surface area (Å²) in [5, 5.41) is 11.7. The minimum atomic E-state index is -0.492. The average molecular weight is 410 g/mol. The number of benzene rings is 1. The van der Waals surface area contributed by atoms with Gasteiger partial charge in [0.1, 0.15) is 5.76 Å². The minimum absolute atomic E-state index is 0.117. The molecule has 8 heteroatoms. The topological polar surface area (TPSA) is 113 Å². The van der Waals surface area contributed by atoms with Gasteiger partial charge < -0.3 is 20.5 Å². The number of amides is 3. The molecule has 0 fully saturated rings. The summed E-state index contributed by atoms with van der Waals surface area (Å²) in [6, 6.07) is 9.34. The highest BCUT2D eigenvalue weighted by Crippen LogP contribution is 2.25. The molecule has 0 saturated carbocycles.